The molecule has 5 nitrogen and oxygen atoms in total. The zero-order chi connectivity index (χ0) is 8.85. The summed E-state index contributed by atoms with van der Waals surface area (Å²) in [5.74, 6) is -0.287. The Morgan fingerprint density at radius 3 is 1.73 bits per heavy atom. The molecule has 1 N–H and O–H groups in total. The number of carbonyl (C=O) groups is 2. The van der Waals surface area contributed by atoms with E-state index in [9.17, 15) is 9.59 Å². The van der Waals surface area contributed by atoms with Crippen molar-refractivity contribution in [2.24, 2.45) is 0 Å². The van der Waals surface area contributed by atoms with Gasteiger partial charge in [-0.3, -0.25) is 9.59 Å². The van der Waals surface area contributed by atoms with Crippen LogP contribution in [0, 0.1) is 5.41 Å². The van der Waals surface area contributed by atoms with Gasteiger partial charge in [0.2, 0.25) is 17.9 Å². The Kier molecular flexibility index (Phi) is 4.33. The highest BCUT2D eigenvalue weighted by molar-refractivity contribution is 9.08. The molecule has 0 bridgehead atoms. The van der Waals surface area contributed by atoms with Gasteiger partial charge in [0.25, 0.3) is 0 Å². The van der Waals surface area contributed by atoms with Crippen LogP contribution >= 0.6 is 16.1 Å². The Morgan fingerprint density at radius 2 is 1.64 bits per heavy atom. The first-order valence-corrected chi connectivity index (χ1v) is 3.40. The summed E-state index contributed by atoms with van der Waals surface area (Å²) in [4.78, 5) is 29.2. The monoisotopic (exact) mass is 220 g/mol. The highest BCUT2D eigenvalue weighted by atomic mass is 79.9. The van der Waals surface area contributed by atoms with Gasteiger partial charge in [-0.2, -0.15) is 0 Å². The maximum atomic E-state index is 10.4. The van der Waals surface area contributed by atoms with Crippen molar-refractivity contribution in [3.05, 3.63) is 0 Å². The van der Waals surface area contributed by atoms with Gasteiger partial charge in [0.15, 0.2) is 0 Å². The lowest BCUT2D eigenvalue weighted by atomic mass is 10.4. The van der Waals surface area contributed by atoms with Crippen LogP contribution in [0.25, 0.3) is 0 Å². The largest absolute Gasteiger partial charge is 0.274 e. The first-order chi connectivity index (χ1) is 5.13. The smallest absolute Gasteiger partial charge is 0.239 e. The lowest BCUT2D eigenvalue weighted by molar-refractivity contribution is -0.131. The Bertz CT molecular complexity index is 194. The standard InChI is InChI=1S/C4H4BrNO2.CHNO/c5-6-3(7)1-2-4(6)8;2-1-3/h1-2H2;2H. The third kappa shape index (κ3) is 3.06. The van der Waals surface area contributed by atoms with Crippen LogP contribution in [0.2, 0.25) is 0 Å². The van der Waals surface area contributed by atoms with Crippen LogP contribution in [-0.4, -0.2) is 21.8 Å². The van der Waals surface area contributed by atoms with Gasteiger partial charge < -0.3 is 0 Å². The van der Waals surface area contributed by atoms with E-state index in [1.54, 1.807) is 0 Å². The molecule has 0 aromatic rings. The molecule has 6 heteroatoms. The Morgan fingerprint density at radius 1 is 1.36 bits per heavy atom. The van der Waals surface area contributed by atoms with Gasteiger partial charge in [0.1, 0.15) is 0 Å². The number of nitrogens with zero attached hydrogens (tertiary/aromatic N) is 1. The van der Waals surface area contributed by atoms with E-state index >= 15 is 0 Å². The zero-order valence-electron chi connectivity index (χ0n) is 5.46. The van der Waals surface area contributed by atoms with E-state index in [0.29, 0.717) is 12.8 Å². The number of imide groups is 1. The van der Waals surface area contributed by atoms with Crippen LogP contribution in [-0.2, 0) is 14.4 Å². The van der Waals surface area contributed by atoms with Crippen LogP contribution in [0.15, 0.2) is 0 Å². The molecule has 1 aliphatic rings. The zero-order valence-corrected chi connectivity index (χ0v) is 7.05. The van der Waals surface area contributed by atoms with Crippen molar-refractivity contribution >= 4 is 34.0 Å². The summed E-state index contributed by atoms with van der Waals surface area (Å²) in [6, 6.07) is 0. The number of rotatable bonds is 0. The highest BCUT2D eigenvalue weighted by Gasteiger charge is 2.26. The Balaban J connectivity index is 0.000000292. The number of amides is 2. The van der Waals surface area contributed by atoms with E-state index < -0.39 is 0 Å². The summed E-state index contributed by atoms with van der Waals surface area (Å²) in [5, 5.41) is 5.40. The van der Waals surface area contributed by atoms with Crippen molar-refractivity contribution in [2.75, 3.05) is 0 Å². The van der Waals surface area contributed by atoms with Gasteiger partial charge >= 0.3 is 0 Å². The summed E-state index contributed by atoms with van der Waals surface area (Å²) in [5.41, 5.74) is 0. The fraction of sp³-hybridized carbons (Fsp3) is 0.400. The van der Waals surface area contributed by atoms with Crippen molar-refractivity contribution < 1.29 is 14.4 Å². The molecule has 0 unspecified atom stereocenters. The van der Waals surface area contributed by atoms with Crippen molar-refractivity contribution in [1.82, 2.24) is 3.93 Å². The van der Waals surface area contributed by atoms with Gasteiger partial charge in [-0.15, -0.1) is 0 Å². The molecule has 0 aliphatic carbocycles. The predicted octanol–water partition coefficient (Wildman–Crippen LogP) is 0.346. The van der Waals surface area contributed by atoms with Crippen molar-refractivity contribution in [3.8, 4) is 0 Å². The molecule has 1 saturated heterocycles. The van der Waals surface area contributed by atoms with Crippen LogP contribution in [0.4, 0.5) is 0 Å². The molecule has 60 valence electrons. The van der Waals surface area contributed by atoms with E-state index in [1.165, 1.54) is 0 Å². The van der Waals surface area contributed by atoms with Gasteiger partial charge in [-0.05, 0) is 0 Å². The van der Waals surface area contributed by atoms with E-state index in [2.05, 4.69) is 16.1 Å². The molecular formula is C5H5BrN2O3. The van der Waals surface area contributed by atoms with E-state index in [1.807, 2.05) is 0 Å². The van der Waals surface area contributed by atoms with Crippen LogP contribution in [0.3, 0.4) is 0 Å². The molecule has 11 heavy (non-hydrogen) atoms. The third-order valence-corrected chi connectivity index (χ3v) is 1.78. The van der Waals surface area contributed by atoms with Gasteiger partial charge in [0, 0.05) is 12.8 Å². The average Bonchev–Trinajstić information content (AvgIpc) is 2.22. The minimum Gasteiger partial charge on any atom is -0.274 e. The summed E-state index contributed by atoms with van der Waals surface area (Å²) in [7, 11) is 0. The quantitative estimate of drug-likeness (QED) is 0.277. The number of halogens is 1. The van der Waals surface area contributed by atoms with Gasteiger partial charge in [-0.1, -0.05) is 0 Å². The lowest BCUT2D eigenvalue weighted by Gasteiger charge is -1.97. The molecule has 2 amide bonds. The summed E-state index contributed by atoms with van der Waals surface area (Å²) >= 11 is 2.80. The van der Waals surface area contributed by atoms with Crippen molar-refractivity contribution in [3.63, 3.8) is 0 Å². The molecule has 0 radical (unpaired) electrons. The third-order valence-electron chi connectivity index (χ3n) is 0.991. The van der Waals surface area contributed by atoms with Gasteiger partial charge in [-0.25, -0.2) is 14.1 Å². The molecule has 0 spiro atoms. The second-order valence-corrected chi connectivity index (χ2v) is 2.38. The summed E-state index contributed by atoms with van der Waals surface area (Å²) in [6.45, 7) is 0. The molecule has 1 aliphatic heterocycles. The minimum absolute atomic E-state index is 0.144. The minimum atomic E-state index is -0.144. The number of hydrogen-bond acceptors (Lipinski definition) is 4. The van der Waals surface area contributed by atoms with Crippen molar-refractivity contribution in [2.45, 2.75) is 12.8 Å². The fourth-order valence-electron chi connectivity index (χ4n) is 0.549. The van der Waals surface area contributed by atoms with E-state index in [0.717, 1.165) is 10.0 Å². The number of hydrogen-bond donors (Lipinski definition) is 1. The fourth-order valence-corrected chi connectivity index (χ4v) is 0.904. The molecule has 0 aromatic carbocycles. The predicted molar refractivity (Wildman–Crippen MR) is 38.4 cm³/mol. The summed E-state index contributed by atoms with van der Waals surface area (Å²) < 4.78 is 0.979. The van der Waals surface area contributed by atoms with Crippen LogP contribution in [0.5, 0.6) is 0 Å². The molecule has 1 heterocycles. The molecule has 0 saturated carbocycles. The topological polar surface area (TPSA) is 78.3 Å². The second kappa shape index (κ2) is 4.76. The molecule has 0 atom stereocenters. The number of nitrogens with one attached hydrogen (secondary N) is 1. The number of isocyanates is 1. The van der Waals surface area contributed by atoms with Crippen molar-refractivity contribution in [1.29, 1.82) is 5.41 Å². The average molecular weight is 221 g/mol. The maximum absolute atomic E-state index is 10.4. The SMILES string of the molecule is N=C=O.O=C1CCC(=O)N1Br. The first-order valence-electron chi connectivity index (χ1n) is 2.69. The maximum Gasteiger partial charge on any atom is 0.239 e. The Hall–Kier alpha value is -1.00. The highest BCUT2D eigenvalue weighted by Crippen LogP contribution is 2.14. The normalized spacial score (nSPS) is 15.5. The van der Waals surface area contributed by atoms with Gasteiger partial charge in [0.05, 0.1) is 16.1 Å². The molecule has 1 fully saturated rings. The molecular weight excluding hydrogens is 216 g/mol. The Labute approximate surface area is 71.2 Å². The lowest BCUT2D eigenvalue weighted by Crippen LogP contribution is -2.16. The summed E-state index contributed by atoms with van der Waals surface area (Å²) in [6.07, 6.45) is 1.45. The van der Waals surface area contributed by atoms with Crippen LogP contribution in [0.1, 0.15) is 12.8 Å². The number of carbonyl (C=O) groups excluding carboxylic acids is 3. The second-order valence-electron chi connectivity index (χ2n) is 1.67. The van der Waals surface area contributed by atoms with E-state index in [4.69, 9.17) is 10.2 Å². The first kappa shape index (κ1) is 10.0. The van der Waals surface area contributed by atoms with E-state index in [-0.39, 0.29) is 11.8 Å². The molecule has 1 rings (SSSR count). The van der Waals surface area contributed by atoms with Crippen LogP contribution < -0.4 is 0 Å². The molecule has 0 aromatic heterocycles.